The van der Waals surface area contributed by atoms with Crippen molar-refractivity contribution in [1.29, 1.82) is 0 Å². The molecule has 0 aromatic carbocycles. The van der Waals surface area contributed by atoms with Crippen LogP contribution in [0.25, 0.3) is 0 Å². The average molecular weight is 348 g/mol. The van der Waals surface area contributed by atoms with Crippen LogP contribution in [0.5, 0.6) is 0 Å². The second-order valence-corrected chi connectivity index (χ2v) is 6.12. The average Bonchev–Trinajstić information content (AvgIpc) is 2.49. The van der Waals surface area contributed by atoms with Crippen LogP contribution in [-0.2, 0) is 13.1 Å². The van der Waals surface area contributed by atoms with Crippen LogP contribution < -0.4 is 0 Å². The minimum Gasteiger partial charge on any atom is -0.292 e. The summed E-state index contributed by atoms with van der Waals surface area (Å²) in [7, 11) is 0. The first-order chi connectivity index (χ1) is 10.2. The van der Waals surface area contributed by atoms with Crippen molar-refractivity contribution in [2.24, 2.45) is 0 Å². The molecular formula is C17H22BrN3. The maximum absolute atomic E-state index is 4.52. The number of aromatic nitrogens is 2. The maximum Gasteiger partial charge on any atom is 0.0685 e. The quantitative estimate of drug-likeness (QED) is 0.745. The number of unbranched alkanes of at least 4 members (excludes halogenated alkanes) is 1. The van der Waals surface area contributed by atoms with Gasteiger partial charge in [-0.3, -0.25) is 14.9 Å². The van der Waals surface area contributed by atoms with Crippen LogP contribution in [-0.4, -0.2) is 21.4 Å². The third-order valence-corrected chi connectivity index (χ3v) is 4.25. The molecular weight excluding hydrogens is 326 g/mol. The van der Waals surface area contributed by atoms with E-state index in [2.05, 4.69) is 50.7 Å². The Morgan fingerprint density at radius 2 is 1.71 bits per heavy atom. The summed E-state index contributed by atoms with van der Waals surface area (Å²) >= 11 is 3.59. The van der Waals surface area contributed by atoms with Gasteiger partial charge in [0.2, 0.25) is 0 Å². The summed E-state index contributed by atoms with van der Waals surface area (Å²) in [4.78, 5) is 11.4. The van der Waals surface area contributed by atoms with Crippen molar-refractivity contribution in [3.05, 3.63) is 58.1 Å². The van der Waals surface area contributed by atoms with Gasteiger partial charge in [0.05, 0.1) is 11.4 Å². The second-order valence-electron chi connectivity index (χ2n) is 5.26. The standard InChI is InChI=1S/C17H22BrN3/c1-3-4-11-21(12-16-14(2)7-5-9-19-16)13-17-15(18)8-6-10-20-17/h5-10H,3-4,11-13H2,1-2H3. The SMILES string of the molecule is CCCCN(Cc1ncccc1C)Cc1ncccc1Br. The van der Waals surface area contributed by atoms with Crippen LogP contribution in [0.15, 0.2) is 41.1 Å². The summed E-state index contributed by atoms with van der Waals surface area (Å²) in [6.07, 6.45) is 6.11. The van der Waals surface area contributed by atoms with E-state index in [-0.39, 0.29) is 0 Å². The number of hydrogen-bond acceptors (Lipinski definition) is 3. The Morgan fingerprint density at radius 1 is 1.05 bits per heavy atom. The van der Waals surface area contributed by atoms with Gasteiger partial charge >= 0.3 is 0 Å². The summed E-state index contributed by atoms with van der Waals surface area (Å²) in [5.41, 5.74) is 3.49. The summed E-state index contributed by atoms with van der Waals surface area (Å²) in [6, 6.07) is 8.11. The van der Waals surface area contributed by atoms with Crippen LogP contribution in [0.1, 0.15) is 36.7 Å². The lowest BCUT2D eigenvalue weighted by Crippen LogP contribution is -2.25. The van der Waals surface area contributed by atoms with Gasteiger partial charge in [-0.15, -0.1) is 0 Å². The first kappa shape index (κ1) is 16.1. The molecule has 0 saturated carbocycles. The van der Waals surface area contributed by atoms with Gasteiger partial charge in [-0.05, 0) is 59.6 Å². The summed E-state index contributed by atoms with van der Waals surface area (Å²) in [5.74, 6) is 0. The maximum atomic E-state index is 4.52. The van der Waals surface area contributed by atoms with Gasteiger partial charge in [0, 0.05) is 30.0 Å². The number of hydrogen-bond donors (Lipinski definition) is 0. The smallest absolute Gasteiger partial charge is 0.0685 e. The summed E-state index contributed by atoms with van der Waals surface area (Å²) in [6.45, 7) is 7.13. The Kier molecular flexibility index (Phi) is 6.33. The van der Waals surface area contributed by atoms with E-state index in [0.29, 0.717) is 0 Å². The monoisotopic (exact) mass is 347 g/mol. The highest BCUT2D eigenvalue weighted by molar-refractivity contribution is 9.10. The van der Waals surface area contributed by atoms with E-state index in [0.717, 1.165) is 35.5 Å². The highest BCUT2D eigenvalue weighted by Gasteiger charge is 2.11. The van der Waals surface area contributed by atoms with Gasteiger partial charge in [0.25, 0.3) is 0 Å². The predicted octanol–water partition coefficient (Wildman–Crippen LogP) is 4.35. The Balaban J connectivity index is 2.11. The van der Waals surface area contributed by atoms with Crippen molar-refractivity contribution >= 4 is 15.9 Å². The molecule has 0 amide bonds. The largest absolute Gasteiger partial charge is 0.292 e. The van der Waals surface area contributed by atoms with Crippen molar-refractivity contribution in [1.82, 2.24) is 14.9 Å². The van der Waals surface area contributed by atoms with Crippen molar-refractivity contribution in [3.8, 4) is 0 Å². The van der Waals surface area contributed by atoms with E-state index in [1.807, 2.05) is 30.6 Å². The number of halogens is 1. The molecule has 2 aromatic heterocycles. The lowest BCUT2D eigenvalue weighted by atomic mass is 10.2. The van der Waals surface area contributed by atoms with E-state index in [1.54, 1.807) is 0 Å². The Labute approximate surface area is 135 Å². The van der Waals surface area contributed by atoms with Crippen LogP contribution in [0, 0.1) is 6.92 Å². The zero-order valence-electron chi connectivity index (χ0n) is 12.7. The van der Waals surface area contributed by atoms with Crippen LogP contribution >= 0.6 is 15.9 Å². The molecule has 4 heteroatoms. The minimum absolute atomic E-state index is 0.845. The van der Waals surface area contributed by atoms with Crippen LogP contribution in [0.4, 0.5) is 0 Å². The van der Waals surface area contributed by atoms with Gasteiger partial charge in [-0.2, -0.15) is 0 Å². The zero-order chi connectivity index (χ0) is 15.1. The molecule has 112 valence electrons. The van der Waals surface area contributed by atoms with Gasteiger partial charge in [-0.1, -0.05) is 19.4 Å². The third kappa shape index (κ3) is 4.90. The Morgan fingerprint density at radius 3 is 2.38 bits per heavy atom. The lowest BCUT2D eigenvalue weighted by molar-refractivity contribution is 0.245. The predicted molar refractivity (Wildman–Crippen MR) is 89.9 cm³/mol. The van der Waals surface area contributed by atoms with E-state index >= 15 is 0 Å². The van der Waals surface area contributed by atoms with Crippen molar-refractivity contribution in [2.45, 2.75) is 39.8 Å². The van der Waals surface area contributed by atoms with Crippen molar-refractivity contribution in [2.75, 3.05) is 6.54 Å². The fourth-order valence-corrected chi connectivity index (χ4v) is 2.62. The third-order valence-electron chi connectivity index (χ3n) is 3.53. The van der Waals surface area contributed by atoms with E-state index in [1.165, 1.54) is 18.4 Å². The van der Waals surface area contributed by atoms with Crippen LogP contribution in [0.2, 0.25) is 0 Å². The highest BCUT2D eigenvalue weighted by Crippen LogP contribution is 2.17. The van der Waals surface area contributed by atoms with Crippen molar-refractivity contribution in [3.63, 3.8) is 0 Å². The topological polar surface area (TPSA) is 29.0 Å². The second kappa shape index (κ2) is 8.25. The van der Waals surface area contributed by atoms with E-state index in [4.69, 9.17) is 0 Å². The number of pyridine rings is 2. The molecule has 2 heterocycles. The highest BCUT2D eigenvalue weighted by atomic mass is 79.9. The molecule has 0 unspecified atom stereocenters. The van der Waals surface area contributed by atoms with E-state index < -0.39 is 0 Å². The van der Waals surface area contributed by atoms with Gasteiger partial charge in [0.15, 0.2) is 0 Å². The van der Waals surface area contributed by atoms with Gasteiger partial charge < -0.3 is 0 Å². The molecule has 2 rings (SSSR count). The molecule has 0 saturated heterocycles. The number of nitrogens with zero attached hydrogens (tertiary/aromatic N) is 3. The Hall–Kier alpha value is -1.26. The molecule has 0 atom stereocenters. The Bertz CT molecular complexity index is 524. The first-order valence-corrected chi connectivity index (χ1v) is 8.22. The number of aryl methyl sites for hydroxylation is 1. The minimum atomic E-state index is 0.845. The molecule has 0 spiro atoms. The van der Waals surface area contributed by atoms with E-state index in [9.17, 15) is 0 Å². The van der Waals surface area contributed by atoms with Crippen LogP contribution in [0.3, 0.4) is 0 Å². The van der Waals surface area contributed by atoms with Crippen molar-refractivity contribution < 1.29 is 0 Å². The molecule has 0 N–H and O–H groups in total. The molecule has 0 aliphatic carbocycles. The zero-order valence-corrected chi connectivity index (χ0v) is 14.3. The van der Waals surface area contributed by atoms with Gasteiger partial charge in [0.1, 0.15) is 0 Å². The molecule has 0 aliphatic heterocycles. The normalized spacial score (nSPS) is 11.0. The molecule has 2 aromatic rings. The molecule has 0 radical (unpaired) electrons. The summed E-state index contributed by atoms with van der Waals surface area (Å²) in [5, 5.41) is 0. The molecule has 0 fully saturated rings. The number of rotatable bonds is 7. The molecule has 0 aliphatic rings. The lowest BCUT2D eigenvalue weighted by Gasteiger charge is -2.22. The summed E-state index contributed by atoms with van der Waals surface area (Å²) < 4.78 is 1.07. The first-order valence-electron chi connectivity index (χ1n) is 7.43. The fraction of sp³-hybridized carbons (Fsp3) is 0.412. The van der Waals surface area contributed by atoms with Gasteiger partial charge in [-0.25, -0.2) is 0 Å². The molecule has 21 heavy (non-hydrogen) atoms. The molecule has 3 nitrogen and oxygen atoms in total. The molecule has 0 bridgehead atoms. The fourth-order valence-electron chi connectivity index (χ4n) is 2.24.